The number of halogens is 2. The van der Waals surface area contributed by atoms with Crippen LogP contribution in [0.15, 0.2) is 36.4 Å². The third-order valence-corrected chi connectivity index (χ3v) is 4.79. The second-order valence-electron chi connectivity index (χ2n) is 6.92. The molecule has 6 heteroatoms. The molecule has 1 fully saturated rings. The van der Waals surface area contributed by atoms with Gasteiger partial charge in [-0.15, -0.1) is 0 Å². The van der Waals surface area contributed by atoms with Crippen molar-refractivity contribution in [2.24, 2.45) is 0 Å². The lowest BCUT2D eigenvalue weighted by Gasteiger charge is -2.41. The molecule has 2 heterocycles. The van der Waals surface area contributed by atoms with E-state index in [0.29, 0.717) is 18.5 Å². The molecule has 0 amide bonds. The highest BCUT2D eigenvalue weighted by molar-refractivity contribution is 5.18. The number of pyridine rings is 1. The molecule has 0 unspecified atom stereocenters. The summed E-state index contributed by atoms with van der Waals surface area (Å²) in [6.07, 6.45) is 0.666. The summed E-state index contributed by atoms with van der Waals surface area (Å²) < 4.78 is 26.8. The van der Waals surface area contributed by atoms with Crippen molar-refractivity contribution >= 4 is 0 Å². The Bertz CT molecular complexity index is 720. The molecule has 1 aromatic carbocycles. The van der Waals surface area contributed by atoms with Gasteiger partial charge in [-0.3, -0.25) is 14.8 Å². The highest BCUT2D eigenvalue weighted by Crippen LogP contribution is 2.19. The van der Waals surface area contributed by atoms with Crippen molar-refractivity contribution in [2.75, 3.05) is 26.2 Å². The lowest BCUT2D eigenvalue weighted by Crippen LogP contribution is -2.52. The molecule has 0 bridgehead atoms. The summed E-state index contributed by atoms with van der Waals surface area (Å²) in [5.74, 6) is -1.09. The van der Waals surface area contributed by atoms with Gasteiger partial charge in [0.25, 0.3) is 0 Å². The highest BCUT2D eigenvalue weighted by atomic mass is 19.1. The Morgan fingerprint density at radius 3 is 2.58 bits per heavy atom. The van der Waals surface area contributed by atoms with Gasteiger partial charge in [-0.05, 0) is 43.2 Å². The molecule has 1 aromatic heterocycles. The van der Waals surface area contributed by atoms with Crippen LogP contribution in [0.4, 0.5) is 8.78 Å². The Labute approximate surface area is 153 Å². The van der Waals surface area contributed by atoms with Gasteiger partial charge in [-0.1, -0.05) is 6.07 Å². The topological polar surface area (TPSA) is 39.6 Å². The van der Waals surface area contributed by atoms with Gasteiger partial charge in [0.2, 0.25) is 0 Å². The van der Waals surface area contributed by atoms with Crippen LogP contribution >= 0.6 is 0 Å². The molecule has 0 aliphatic carbocycles. The van der Waals surface area contributed by atoms with Crippen molar-refractivity contribution in [1.82, 2.24) is 14.8 Å². The minimum absolute atomic E-state index is 0.116. The molecular weight excluding hydrogens is 336 g/mol. The Morgan fingerprint density at radius 1 is 1.12 bits per heavy atom. The van der Waals surface area contributed by atoms with E-state index in [-0.39, 0.29) is 12.6 Å². The molecule has 26 heavy (non-hydrogen) atoms. The number of nitrogens with zero attached hydrogens (tertiary/aromatic N) is 3. The summed E-state index contributed by atoms with van der Waals surface area (Å²) in [5, 5.41) is 9.44. The fourth-order valence-corrected chi connectivity index (χ4v) is 3.59. The zero-order chi connectivity index (χ0) is 18.5. The molecule has 1 aliphatic rings. The lowest BCUT2D eigenvalue weighted by atomic mass is 10.1. The Hall–Kier alpha value is -1.89. The van der Waals surface area contributed by atoms with Crippen LogP contribution in [0.25, 0.3) is 0 Å². The quantitative estimate of drug-likeness (QED) is 0.859. The van der Waals surface area contributed by atoms with Crippen molar-refractivity contribution in [3.05, 3.63) is 65.0 Å². The number of rotatable bonds is 6. The van der Waals surface area contributed by atoms with E-state index < -0.39 is 11.6 Å². The molecule has 1 N–H and O–H groups in total. The van der Waals surface area contributed by atoms with Crippen LogP contribution in [0.3, 0.4) is 0 Å². The maximum Gasteiger partial charge on any atom is 0.126 e. The Balaban J connectivity index is 1.65. The molecule has 3 rings (SSSR count). The number of piperazine rings is 1. The second kappa shape index (κ2) is 8.66. The number of aromatic nitrogens is 1. The van der Waals surface area contributed by atoms with E-state index in [4.69, 9.17) is 0 Å². The zero-order valence-corrected chi connectivity index (χ0v) is 15.0. The number of benzene rings is 1. The molecule has 1 saturated heterocycles. The molecule has 1 atom stereocenters. The van der Waals surface area contributed by atoms with Gasteiger partial charge in [0.05, 0.1) is 5.69 Å². The smallest absolute Gasteiger partial charge is 0.126 e. The average molecular weight is 361 g/mol. The largest absolute Gasteiger partial charge is 0.396 e. The Morgan fingerprint density at radius 2 is 1.88 bits per heavy atom. The predicted molar refractivity (Wildman–Crippen MR) is 96.5 cm³/mol. The third kappa shape index (κ3) is 5.06. The number of hydrogen-bond acceptors (Lipinski definition) is 4. The highest BCUT2D eigenvalue weighted by Gasteiger charge is 2.27. The van der Waals surface area contributed by atoms with E-state index in [1.165, 1.54) is 12.1 Å². The van der Waals surface area contributed by atoms with Gasteiger partial charge >= 0.3 is 0 Å². The first-order valence-electron chi connectivity index (χ1n) is 8.98. The van der Waals surface area contributed by atoms with Crippen LogP contribution in [0.5, 0.6) is 0 Å². The third-order valence-electron chi connectivity index (χ3n) is 4.79. The molecule has 0 radical (unpaired) electrons. The maximum atomic E-state index is 13.4. The van der Waals surface area contributed by atoms with E-state index >= 15 is 0 Å². The molecule has 2 aromatic rings. The summed E-state index contributed by atoms with van der Waals surface area (Å²) in [4.78, 5) is 9.09. The Kier molecular flexibility index (Phi) is 6.29. The van der Waals surface area contributed by atoms with Crippen LogP contribution in [-0.4, -0.2) is 52.2 Å². The van der Waals surface area contributed by atoms with Crippen molar-refractivity contribution in [3.63, 3.8) is 0 Å². The van der Waals surface area contributed by atoms with Crippen LogP contribution in [0, 0.1) is 18.6 Å². The van der Waals surface area contributed by atoms with Gasteiger partial charge in [-0.2, -0.15) is 0 Å². The zero-order valence-electron chi connectivity index (χ0n) is 15.0. The van der Waals surface area contributed by atoms with Gasteiger partial charge in [0, 0.05) is 57.1 Å². The normalized spacial score (nSPS) is 19.0. The van der Waals surface area contributed by atoms with Crippen molar-refractivity contribution in [3.8, 4) is 0 Å². The molecule has 1 aliphatic heterocycles. The van der Waals surface area contributed by atoms with Crippen molar-refractivity contribution in [2.45, 2.75) is 32.5 Å². The monoisotopic (exact) mass is 361 g/mol. The van der Waals surface area contributed by atoms with E-state index in [2.05, 4.69) is 14.8 Å². The number of hydrogen-bond donors (Lipinski definition) is 1. The van der Waals surface area contributed by atoms with Crippen LogP contribution < -0.4 is 0 Å². The summed E-state index contributed by atoms with van der Waals surface area (Å²) in [5.41, 5.74) is 2.65. The molecule has 140 valence electrons. The number of aryl methyl sites for hydroxylation is 1. The summed E-state index contributed by atoms with van der Waals surface area (Å²) in [6, 6.07) is 9.85. The lowest BCUT2D eigenvalue weighted by molar-refractivity contribution is 0.0490. The van der Waals surface area contributed by atoms with Gasteiger partial charge in [0.1, 0.15) is 11.6 Å². The maximum absolute atomic E-state index is 13.4. The average Bonchev–Trinajstić information content (AvgIpc) is 2.56. The molecular formula is C20H25F2N3O. The first-order chi connectivity index (χ1) is 12.5. The molecule has 0 saturated carbocycles. The first kappa shape index (κ1) is 18.9. The van der Waals surface area contributed by atoms with E-state index in [9.17, 15) is 13.9 Å². The van der Waals surface area contributed by atoms with Crippen molar-refractivity contribution in [1.29, 1.82) is 0 Å². The van der Waals surface area contributed by atoms with Gasteiger partial charge < -0.3 is 5.11 Å². The molecule has 0 spiro atoms. The number of aliphatic hydroxyl groups is 1. The van der Waals surface area contributed by atoms with Crippen LogP contribution in [0.1, 0.15) is 23.4 Å². The van der Waals surface area contributed by atoms with E-state index in [1.807, 2.05) is 25.1 Å². The van der Waals surface area contributed by atoms with E-state index in [1.54, 1.807) is 0 Å². The number of aliphatic hydroxyl groups excluding tert-OH is 1. The SMILES string of the molecule is Cc1cccc(CN2CCN(Cc3cc(F)cc(F)c3)C[C@H]2CCO)n1. The minimum Gasteiger partial charge on any atom is -0.396 e. The predicted octanol–water partition coefficient (Wildman–Crippen LogP) is 2.74. The van der Waals surface area contributed by atoms with Crippen LogP contribution in [0.2, 0.25) is 0 Å². The minimum atomic E-state index is -0.545. The summed E-state index contributed by atoms with van der Waals surface area (Å²) >= 11 is 0. The standard InChI is InChI=1S/C20H25F2N3O/c1-15-3-2-4-19(23-15)13-25-7-6-24(14-20(25)5-8-26)12-16-9-17(21)11-18(22)10-16/h2-4,9-11,20,26H,5-8,12-14H2,1H3/t20-/m1/s1. The summed E-state index contributed by atoms with van der Waals surface area (Å²) in [6.45, 7) is 5.74. The fraction of sp³-hybridized carbons (Fsp3) is 0.450. The summed E-state index contributed by atoms with van der Waals surface area (Å²) in [7, 11) is 0. The van der Waals surface area contributed by atoms with Crippen LogP contribution in [-0.2, 0) is 13.1 Å². The first-order valence-corrected chi connectivity index (χ1v) is 8.98. The van der Waals surface area contributed by atoms with Gasteiger partial charge in [-0.25, -0.2) is 8.78 Å². The fourth-order valence-electron chi connectivity index (χ4n) is 3.59. The van der Waals surface area contributed by atoms with Crippen molar-refractivity contribution < 1.29 is 13.9 Å². The van der Waals surface area contributed by atoms with Gasteiger partial charge in [0.15, 0.2) is 0 Å². The second-order valence-corrected chi connectivity index (χ2v) is 6.92. The molecule has 4 nitrogen and oxygen atoms in total. The van der Waals surface area contributed by atoms with E-state index in [0.717, 1.165) is 43.6 Å².